The van der Waals surface area contributed by atoms with Crippen LogP contribution in [0.3, 0.4) is 0 Å². The minimum Gasteiger partial charge on any atom is -0.464 e. The smallest absolute Gasteiger partial charge is 0.328 e. The summed E-state index contributed by atoms with van der Waals surface area (Å²) in [6.07, 6.45) is 1.77. The molecule has 19 heavy (non-hydrogen) atoms. The fourth-order valence-corrected chi connectivity index (χ4v) is 1.88. The molecule has 0 spiro atoms. The Kier molecular flexibility index (Phi) is 3.85. The number of benzene rings is 1. The zero-order valence-electron chi connectivity index (χ0n) is 10.9. The quantitative estimate of drug-likeness (QED) is 0.824. The number of ether oxygens (including phenoxy) is 1. The second kappa shape index (κ2) is 5.56. The molecule has 2 rings (SSSR count). The minimum atomic E-state index is -0.665. The Morgan fingerprint density at radius 3 is 2.89 bits per heavy atom. The molecular formula is C14H16N2O3. The third-order valence-electron chi connectivity index (χ3n) is 2.83. The van der Waals surface area contributed by atoms with Gasteiger partial charge in [0.1, 0.15) is 6.04 Å². The van der Waals surface area contributed by atoms with Gasteiger partial charge in [0.05, 0.1) is 6.61 Å². The van der Waals surface area contributed by atoms with Crippen molar-refractivity contribution in [3.63, 3.8) is 0 Å². The van der Waals surface area contributed by atoms with E-state index in [9.17, 15) is 9.59 Å². The summed E-state index contributed by atoms with van der Waals surface area (Å²) >= 11 is 0. The van der Waals surface area contributed by atoms with Crippen molar-refractivity contribution in [2.75, 3.05) is 6.61 Å². The third-order valence-corrected chi connectivity index (χ3v) is 2.83. The summed E-state index contributed by atoms with van der Waals surface area (Å²) in [5, 5.41) is 3.47. The standard InChI is InChI=1S/C14H16N2O3/c1-3-19-14(18)9(2)16-13(17)11-5-4-6-12-10(11)7-8-15-12/h4-9,15H,3H2,1-2H3,(H,16,17). The van der Waals surface area contributed by atoms with Crippen molar-refractivity contribution in [2.24, 2.45) is 0 Å². The van der Waals surface area contributed by atoms with Crippen LogP contribution in [0.5, 0.6) is 0 Å². The monoisotopic (exact) mass is 260 g/mol. The number of esters is 1. The average molecular weight is 260 g/mol. The highest BCUT2D eigenvalue weighted by Crippen LogP contribution is 2.17. The SMILES string of the molecule is CCOC(=O)C(C)NC(=O)c1cccc2[nH]ccc12. The largest absolute Gasteiger partial charge is 0.464 e. The van der Waals surface area contributed by atoms with E-state index in [1.54, 1.807) is 32.2 Å². The molecule has 0 saturated heterocycles. The van der Waals surface area contributed by atoms with Crippen LogP contribution in [-0.2, 0) is 9.53 Å². The molecule has 0 bridgehead atoms. The molecule has 1 amide bonds. The van der Waals surface area contributed by atoms with Gasteiger partial charge in [0.2, 0.25) is 0 Å². The zero-order chi connectivity index (χ0) is 13.8. The summed E-state index contributed by atoms with van der Waals surface area (Å²) in [6, 6.07) is 6.58. The summed E-state index contributed by atoms with van der Waals surface area (Å²) in [6.45, 7) is 3.63. The summed E-state index contributed by atoms with van der Waals surface area (Å²) in [4.78, 5) is 26.7. The molecule has 1 heterocycles. The first-order chi connectivity index (χ1) is 9.13. The Morgan fingerprint density at radius 1 is 1.37 bits per heavy atom. The molecule has 1 unspecified atom stereocenters. The maximum Gasteiger partial charge on any atom is 0.328 e. The first kappa shape index (κ1) is 13.1. The Bertz CT molecular complexity index is 604. The number of nitrogens with one attached hydrogen (secondary N) is 2. The van der Waals surface area contributed by atoms with E-state index in [4.69, 9.17) is 4.74 Å². The van der Waals surface area contributed by atoms with Crippen LogP contribution in [0.1, 0.15) is 24.2 Å². The molecule has 0 aliphatic rings. The molecule has 0 aliphatic carbocycles. The number of fused-ring (bicyclic) bond motifs is 1. The van der Waals surface area contributed by atoms with E-state index >= 15 is 0 Å². The van der Waals surface area contributed by atoms with Gasteiger partial charge in [-0.15, -0.1) is 0 Å². The van der Waals surface area contributed by atoms with Gasteiger partial charge in [-0.2, -0.15) is 0 Å². The summed E-state index contributed by atoms with van der Waals surface area (Å²) in [7, 11) is 0. The number of rotatable bonds is 4. The molecule has 2 aromatic rings. The third kappa shape index (κ3) is 2.76. The number of carbonyl (C=O) groups is 2. The van der Waals surface area contributed by atoms with E-state index in [2.05, 4.69) is 10.3 Å². The first-order valence-corrected chi connectivity index (χ1v) is 6.17. The average Bonchev–Trinajstić information content (AvgIpc) is 2.86. The van der Waals surface area contributed by atoms with Crippen molar-refractivity contribution in [2.45, 2.75) is 19.9 Å². The van der Waals surface area contributed by atoms with Crippen LogP contribution in [0.2, 0.25) is 0 Å². The normalized spacial score (nSPS) is 12.1. The highest BCUT2D eigenvalue weighted by Gasteiger charge is 2.18. The van der Waals surface area contributed by atoms with Crippen LogP contribution >= 0.6 is 0 Å². The highest BCUT2D eigenvalue weighted by atomic mass is 16.5. The van der Waals surface area contributed by atoms with Gasteiger partial charge in [-0.1, -0.05) is 6.07 Å². The van der Waals surface area contributed by atoms with Gasteiger partial charge in [0.15, 0.2) is 0 Å². The molecule has 100 valence electrons. The fourth-order valence-electron chi connectivity index (χ4n) is 1.88. The van der Waals surface area contributed by atoms with Gasteiger partial charge in [-0.05, 0) is 32.0 Å². The van der Waals surface area contributed by atoms with Crippen LogP contribution in [0.15, 0.2) is 30.5 Å². The summed E-state index contributed by atoms with van der Waals surface area (Å²) < 4.78 is 4.85. The predicted octanol–water partition coefficient (Wildman–Crippen LogP) is 1.85. The van der Waals surface area contributed by atoms with E-state index in [1.165, 1.54) is 0 Å². The van der Waals surface area contributed by atoms with Crippen molar-refractivity contribution < 1.29 is 14.3 Å². The van der Waals surface area contributed by atoms with Crippen LogP contribution in [0.25, 0.3) is 10.9 Å². The second-order valence-electron chi connectivity index (χ2n) is 4.19. The van der Waals surface area contributed by atoms with Crippen molar-refractivity contribution >= 4 is 22.8 Å². The van der Waals surface area contributed by atoms with Crippen LogP contribution in [-0.4, -0.2) is 29.5 Å². The van der Waals surface area contributed by atoms with Gasteiger partial charge in [0, 0.05) is 22.7 Å². The predicted molar refractivity (Wildman–Crippen MR) is 71.9 cm³/mol. The van der Waals surface area contributed by atoms with E-state index in [1.807, 2.05) is 12.1 Å². The van der Waals surface area contributed by atoms with E-state index in [0.29, 0.717) is 12.2 Å². The fraction of sp³-hybridized carbons (Fsp3) is 0.286. The van der Waals surface area contributed by atoms with Gasteiger partial charge in [-0.25, -0.2) is 4.79 Å². The minimum absolute atomic E-state index is 0.286. The Labute approximate surface area is 110 Å². The maximum atomic E-state index is 12.1. The second-order valence-corrected chi connectivity index (χ2v) is 4.19. The van der Waals surface area contributed by atoms with Crippen LogP contribution in [0, 0.1) is 0 Å². The summed E-state index contributed by atoms with van der Waals surface area (Å²) in [5.74, 6) is -0.720. The lowest BCUT2D eigenvalue weighted by molar-refractivity contribution is -0.144. The highest BCUT2D eigenvalue weighted by molar-refractivity contribution is 6.07. The van der Waals surface area contributed by atoms with E-state index in [0.717, 1.165) is 10.9 Å². The number of hydrogen-bond acceptors (Lipinski definition) is 3. The van der Waals surface area contributed by atoms with Gasteiger partial charge < -0.3 is 15.0 Å². The number of hydrogen-bond donors (Lipinski definition) is 2. The van der Waals surface area contributed by atoms with Crippen LogP contribution < -0.4 is 5.32 Å². The lowest BCUT2D eigenvalue weighted by Gasteiger charge is -2.13. The lowest BCUT2D eigenvalue weighted by atomic mass is 10.1. The van der Waals surface area contributed by atoms with Gasteiger partial charge in [0.25, 0.3) is 5.91 Å². The maximum absolute atomic E-state index is 12.1. The number of aromatic nitrogens is 1. The van der Waals surface area contributed by atoms with Crippen molar-refractivity contribution in [1.82, 2.24) is 10.3 Å². The van der Waals surface area contributed by atoms with Crippen molar-refractivity contribution in [3.05, 3.63) is 36.0 Å². The molecule has 1 atom stereocenters. The molecule has 1 aromatic carbocycles. The molecular weight excluding hydrogens is 244 g/mol. The summed E-state index contributed by atoms with van der Waals surface area (Å²) in [5.41, 5.74) is 1.42. The van der Waals surface area contributed by atoms with Crippen molar-refractivity contribution in [1.29, 1.82) is 0 Å². The topological polar surface area (TPSA) is 71.2 Å². The molecule has 0 fully saturated rings. The van der Waals surface area contributed by atoms with E-state index in [-0.39, 0.29) is 5.91 Å². The van der Waals surface area contributed by atoms with Gasteiger partial charge >= 0.3 is 5.97 Å². The molecule has 1 aromatic heterocycles. The number of H-pyrrole nitrogens is 1. The zero-order valence-corrected chi connectivity index (χ0v) is 10.9. The number of aromatic amines is 1. The Balaban J connectivity index is 2.16. The molecule has 0 aliphatic heterocycles. The lowest BCUT2D eigenvalue weighted by Crippen LogP contribution is -2.39. The molecule has 5 heteroatoms. The Hall–Kier alpha value is -2.30. The number of amides is 1. The number of carbonyl (C=O) groups excluding carboxylic acids is 2. The van der Waals surface area contributed by atoms with E-state index < -0.39 is 12.0 Å². The van der Waals surface area contributed by atoms with Crippen LogP contribution in [0.4, 0.5) is 0 Å². The molecule has 0 radical (unpaired) electrons. The molecule has 2 N–H and O–H groups in total. The van der Waals surface area contributed by atoms with Gasteiger partial charge in [-0.3, -0.25) is 4.79 Å². The Morgan fingerprint density at radius 2 is 2.16 bits per heavy atom. The first-order valence-electron chi connectivity index (χ1n) is 6.17. The molecule has 5 nitrogen and oxygen atoms in total. The van der Waals surface area contributed by atoms with Crippen molar-refractivity contribution in [3.8, 4) is 0 Å². The molecule has 0 saturated carbocycles.